The molecule has 83 heavy (non-hydrogen) atoms. The van der Waals surface area contributed by atoms with Gasteiger partial charge in [0.15, 0.2) is 0 Å². The molecule has 0 aromatic rings. The van der Waals surface area contributed by atoms with Crippen molar-refractivity contribution in [1.29, 1.82) is 0 Å². The summed E-state index contributed by atoms with van der Waals surface area (Å²) in [5, 5.41) is 3.04. The molecule has 0 bridgehead atoms. The van der Waals surface area contributed by atoms with E-state index in [0.29, 0.717) is 17.4 Å². The minimum absolute atomic E-state index is 0.0214. The third kappa shape index (κ3) is 64.3. The lowest BCUT2D eigenvalue weighted by molar-refractivity contribution is -0.870. The number of esters is 1. The van der Waals surface area contributed by atoms with Crippen LogP contribution in [0.3, 0.4) is 0 Å². The standard InChI is InChI=1S/C73H139N2O7P/c1-7-10-13-16-19-22-25-28-30-32-33-34-35-36-37-38-39-40-41-43-45-48-51-54-57-60-63-66-73(77)82-71(64-61-58-55-52-49-46-27-24-21-18-15-12-9-3)70(69-81-83(78,79)80-68-67-75(4,5)6)74-72(76)65-62-59-56-53-50-47-44-42-31-29-26-23-20-17-14-11-8-2/h19,22,28-31,61,64,70-71H,7-18,20-21,23-27,32-60,62-63,65-69H2,1-6H3,(H-,74,76,78,79)/b22-19-,30-28-,31-29+,64-61-. The van der Waals surface area contributed by atoms with Crippen molar-refractivity contribution in [2.75, 3.05) is 40.9 Å². The molecule has 0 aliphatic rings. The maximum Gasteiger partial charge on any atom is 0.306 e. The highest BCUT2D eigenvalue weighted by Gasteiger charge is 2.27. The Hall–Kier alpha value is -2.03. The van der Waals surface area contributed by atoms with Crippen molar-refractivity contribution >= 4 is 19.7 Å². The number of amides is 1. The lowest BCUT2D eigenvalue weighted by Gasteiger charge is -2.30. The molecule has 1 amide bonds. The van der Waals surface area contributed by atoms with Crippen LogP contribution in [-0.2, 0) is 27.9 Å². The predicted molar refractivity (Wildman–Crippen MR) is 358 cm³/mol. The van der Waals surface area contributed by atoms with Gasteiger partial charge in [0.25, 0.3) is 7.82 Å². The van der Waals surface area contributed by atoms with Crippen molar-refractivity contribution in [3.63, 3.8) is 0 Å². The first-order chi connectivity index (χ1) is 40.4. The highest BCUT2D eigenvalue weighted by Crippen LogP contribution is 2.38. The number of hydrogen-bond donors (Lipinski definition) is 1. The van der Waals surface area contributed by atoms with E-state index >= 15 is 0 Å². The Bertz CT molecular complexity index is 1560. The van der Waals surface area contributed by atoms with E-state index in [2.05, 4.69) is 62.5 Å². The highest BCUT2D eigenvalue weighted by molar-refractivity contribution is 7.45. The Morgan fingerprint density at radius 1 is 0.422 bits per heavy atom. The monoisotopic (exact) mass is 1190 g/mol. The SMILES string of the molecule is CCCCC/C=C\C/C=C\CCCCCCCCCCCCCCCCCCCC(=O)OC(/C=C\CCCCCCCCCCCCC)C(COP(=O)([O-])OCC[N+](C)(C)C)NC(=O)CCCCCCCCC/C=C/CCCCCCCC. The Balaban J connectivity index is 5.02. The lowest BCUT2D eigenvalue weighted by Crippen LogP contribution is -2.47. The summed E-state index contributed by atoms with van der Waals surface area (Å²) in [6.07, 6.45) is 79.5. The van der Waals surface area contributed by atoms with Crippen LogP contribution in [0.25, 0.3) is 0 Å². The van der Waals surface area contributed by atoms with E-state index in [0.717, 1.165) is 77.0 Å². The van der Waals surface area contributed by atoms with Gasteiger partial charge in [-0.25, -0.2) is 0 Å². The quantitative estimate of drug-likeness (QED) is 0.0212. The zero-order valence-corrected chi connectivity index (χ0v) is 56.8. The van der Waals surface area contributed by atoms with Gasteiger partial charge in [0.1, 0.15) is 19.3 Å². The van der Waals surface area contributed by atoms with Crippen molar-refractivity contribution in [3.05, 3.63) is 48.6 Å². The molecular weight excluding hydrogens is 1050 g/mol. The molecule has 0 spiro atoms. The van der Waals surface area contributed by atoms with E-state index in [1.165, 1.54) is 244 Å². The summed E-state index contributed by atoms with van der Waals surface area (Å²) in [6.45, 7) is 6.86. The van der Waals surface area contributed by atoms with Crippen LogP contribution in [-0.4, -0.2) is 69.4 Å². The van der Waals surface area contributed by atoms with Gasteiger partial charge in [0.2, 0.25) is 5.91 Å². The molecule has 0 rings (SSSR count). The van der Waals surface area contributed by atoms with E-state index in [-0.39, 0.29) is 31.5 Å². The number of rotatable bonds is 66. The number of ether oxygens (including phenoxy) is 1. The number of carbonyl (C=O) groups excluding carboxylic acids is 2. The van der Waals surface area contributed by atoms with Crippen molar-refractivity contribution in [3.8, 4) is 0 Å². The van der Waals surface area contributed by atoms with Crippen LogP contribution in [0, 0.1) is 0 Å². The summed E-state index contributed by atoms with van der Waals surface area (Å²) >= 11 is 0. The molecular formula is C73H139N2O7P. The Morgan fingerprint density at radius 2 is 0.735 bits per heavy atom. The zero-order chi connectivity index (χ0) is 60.7. The van der Waals surface area contributed by atoms with E-state index < -0.39 is 20.0 Å². The number of phosphoric acid groups is 1. The number of quaternary nitrogens is 1. The van der Waals surface area contributed by atoms with Gasteiger partial charge in [0, 0.05) is 12.8 Å². The minimum Gasteiger partial charge on any atom is -0.756 e. The first-order valence-electron chi connectivity index (χ1n) is 35.9. The second-order valence-corrected chi connectivity index (χ2v) is 27.1. The summed E-state index contributed by atoms with van der Waals surface area (Å²) in [5.74, 6) is -0.529. The molecule has 0 radical (unpaired) electrons. The first kappa shape index (κ1) is 81.0. The van der Waals surface area contributed by atoms with E-state index in [9.17, 15) is 19.0 Å². The number of hydrogen-bond acceptors (Lipinski definition) is 7. The third-order valence-corrected chi connectivity index (χ3v) is 17.2. The van der Waals surface area contributed by atoms with Crippen molar-refractivity contribution in [2.24, 2.45) is 0 Å². The maximum absolute atomic E-state index is 13.6. The van der Waals surface area contributed by atoms with Crippen LogP contribution in [0.2, 0.25) is 0 Å². The molecule has 3 unspecified atom stereocenters. The lowest BCUT2D eigenvalue weighted by atomic mass is 10.0. The largest absolute Gasteiger partial charge is 0.756 e. The molecule has 0 saturated heterocycles. The van der Waals surface area contributed by atoms with Crippen molar-refractivity contribution in [2.45, 2.75) is 367 Å². The fourth-order valence-corrected chi connectivity index (χ4v) is 11.4. The smallest absolute Gasteiger partial charge is 0.306 e. The second-order valence-electron chi connectivity index (χ2n) is 25.7. The van der Waals surface area contributed by atoms with Gasteiger partial charge >= 0.3 is 5.97 Å². The number of phosphoric ester groups is 1. The summed E-state index contributed by atoms with van der Waals surface area (Å²) in [5.41, 5.74) is 0. The van der Waals surface area contributed by atoms with Crippen LogP contribution >= 0.6 is 7.82 Å². The van der Waals surface area contributed by atoms with E-state index in [1.807, 2.05) is 33.3 Å². The van der Waals surface area contributed by atoms with Gasteiger partial charge < -0.3 is 28.5 Å². The van der Waals surface area contributed by atoms with Crippen LogP contribution < -0.4 is 10.2 Å². The Labute approximate surface area is 516 Å². The third-order valence-electron chi connectivity index (χ3n) is 16.2. The zero-order valence-electron chi connectivity index (χ0n) is 55.9. The van der Waals surface area contributed by atoms with Gasteiger partial charge in [-0.3, -0.25) is 14.2 Å². The minimum atomic E-state index is -4.70. The molecule has 0 saturated carbocycles. The maximum atomic E-state index is 13.6. The molecule has 10 heteroatoms. The average molecular weight is 1190 g/mol. The topological polar surface area (TPSA) is 114 Å². The van der Waals surface area contributed by atoms with Gasteiger partial charge in [-0.1, -0.05) is 301 Å². The first-order valence-corrected chi connectivity index (χ1v) is 37.4. The van der Waals surface area contributed by atoms with Crippen LogP contribution in [0.4, 0.5) is 0 Å². The van der Waals surface area contributed by atoms with Gasteiger partial charge in [-0.2, -0.15) is 0 Å². The molecule has 488 valence electrons. The number of unbranched alkanes of at least 4 members (excludes halogenated alkanes) is 44. The molecule has 0 heterocycles. The Morgan fingerprint density at radius 3 is 1.12 bits per heavy atom. The molecule has 0 fully saturated rings. The molecule has 0 aliphatic heterocycles. The number of likely N-dealkylation sites (N-methyl/N-ethyl adjacent to an activating group) is 1. The van der Waals surface area contributed by atoms with Gasteiger partial charge in [0.05, 0.1) is 33.8 Å². The van der Waals surface area contributed by atoms with Crippen LogP contribution in [0.15, 0.2) is 48.6 Å². The molecule has 1 N–H and O–H groups in total. The normalized spacial score (nSPS) is 13.8. The summed E-state index contributed by atoms with van der Waals surface area (Å²) in [4.78, 5) is 40.2. The van der Waals surface area contributed by atoms with Gasteiger partial charge in [-0.05, 0) is 89.5 Å². The molecule has 0 aromatic heterocycles. The number of nitrogens with one attached hydrogen (secondary N) is 1. The van der Waals surface area contributed by atoms with Crippen molar-refractivity contribution < 1.29 is 37.3 Å². The Kier molecular flexibility index (Phi) is 61.5. The highest BCUT2D eigenvalue weighted by atomic mass is 31.2. The fourth-order valence-electron chi connectivity index (χ4n) is 10.7. The molecule has 3 atom stereocenters. The number of carbonyl (C=O) groups is 2. The van der Waals surface area contributed by atoms with Gasteiger partial charge in [-0.15, -0.1) is 0 Å². The van der Waals surface area contributed by atoms with E-state index in [4.69, 9.17) is 13.8 Å². The molecule has 0 aromatic carbocycles. The summed E-state index contributed by atoms with van der Waals surface area (Å²) in [7, 11) is 1.20. The number of nitrogens with zero attached hydrogens (tertiary/aromatic N) is 1. The average Bonchev–Trinajstić information content (AvgIpc) is 3.47. The predicted octanol–water partition coefficient (Wildman–Crippen LogP) is 22.2. The van der Waals surface area contributed by atoms with Crippen LogP contribution in [0.1, 0.15) is 355 Å². The van der Waals surface area contributed by atoms with Crippen molar-refractivity contribution in [1.82, 2.24) is 5.32 Å². The summed E-state index contributed by atoms with van der Waals surface area (Å²) in [6, 6.07) is -0.889. The second kappa shape index (κ2) is 63.0. The van der Waals surface area contributed by atoms with Crippen LogP contribution in [0.5, 0.6) is 0 Å². The summed E-state index contributed by atoms with van der Waals surface area (Å²) < 4.78 is 30.5. The van der Waals surface area contributed by atoms with E-state index in [1.54, 1.807) is 0 Å². The fraction of sp³-hybridized carbons (Fsp3) is 0.863. The number of allylic oxidation sites excluding steroid dienone is 7. The molecule has 0 aliphatic carbocycles. The molecule has 9 nitrogen and oxygen atoms in total.